The molecule has 0 saturated heterocycles. The van der Waals surface area contributed by atoms with Crippen LogP contribution in [0.15, 0.2) is 18.2 Å². The number of carbonyl (C=O) groups excluding carboxylic acids is 1. The Morgan fingerprint density at radius 1 is 1.45 bits per heavy atom. The lowest BCUT2D eigenvalue weighted by Gasteiger charge is -2.17. The summed E-state index contributed by atoms with van der Waals surface area (Å²) in [5.41, 5.74) is 8.26. The fourth-order valence-corrected chi connectivity index (χ4v) is 2.33. The van der Waals surface area contributed by atoms with Gasteiger partial charge < -0.3 is 21.1 Å². The first-order chi connectivity index (χ1) is 9.47. The molecule has 5 heteroatoms. The van der Waals surface area contributed by atoms with Gasteiger partial charge in [-0.2, -0.15) is 0 Å². The van der Waals surface area contributed by atoms with E-state index in [0.717, 1.165) is 31.5 Å². The lowest BCUT2D eigenvalue weighted by Crippen LogP contribution is -2.22. The number of hydrogen-bond acceptors (Lipinski definition) is 4. The molecular weight excluding hydrogens is 254 g/mol. The summed E-state index contributed by atoms with van der Waals surface area (Å²) in [6.45, 7) is 1.05. The van der Waals surface area contributed by atoms with Gasteiger partial charge in [-0.3, -0.25) is 4.79 Å². The van der Waals surface area contributed by atoms with E-state index in [1.165, 1.54) is 4.90 Å². The molecular formula is C15H23N3O2. The molecule has 4 N–H and O–H groups in total. The molecule has 1 fully saturated rings. The lowest BCUT2D eigenvalue weighted by molar-refractivity contribution is 0.0827. The van der Waals surface area contributed by atoms with Gasteiger partial charge in [-0.15, -0.1) is 0 Å². The second-order valence-electron chi connectivity index (χ2n) is 5.83. The SMILES string of the molecule is CN(C)C(=O)c1ccc(NCC2(CCO)CC2)c(N)c1. The van der Waals surface area contributed by atoms with Crippen LogP contribution in [0, 0.1) is 5.41 Å². The van der Waals surface area contributed by atoms with Crippen molar-refractivity contribution in [3.8, 4) is 0 Å². The van der Waals surface area contributed by atoms with Crippen molar-refractivity contribution in [3.05, 3.63) is 23.8 Å². The predicted molar refractivity (Wildman–Crippen MR) is 80.7 cm³/mol. The smallest absolute Gasteiger partial charge is 0.253 e. The summed E-state index contributed by atoms with van der Waals surface area (Å²) in [5.74, 6) is -0.0535. The summed E-state index contributed by atoms with van der Waals surface area (Å²) in [7, 11) is 3.44. The maximum atomic E-state index is 11.8. The van der Waals surface area contributed by atoms with Crippen molar-refractivity contribution in [1.29, 1.82) is 0 Å². The van der Waals surface area contributed by atoms with Crippen LogP contribution >= 0.6 is 0 Å². The minimum absolute atomic E-state index is 0.0535. The molecule has 1 saturated carbocycles. The van der Waals surface area contributed by atoms with Crippen LogP contribution in [0.4, 0.5) is 11.4 Å². The van der Waals surface area contributed by atoms with E-state index in [-0.39, 0.29) is 17.9 Å². The molecule has 0 bridgehead atoms. The largest absolute Gasteiger partial charge is 0.397 e. The first-order valence-electron chi connectivity index (χ1n) is 6.93. The van der Waals surface area contributed by atoms with Gasteiger partial charge in [0.15, 0.2) is 0 Å². The number of aliphatic hydroxyl groups is 1. The molecule has 0 radical (unpaired) electrons. The van der Waals surface area contributed by atoms with Crippen molar-refractivity contribution in [2.24, 2.45) is 5.41 Å². The van der Waals surface area contributed by atoms with Crippen LogP contribution < -0.4 is 11.1 Å². The third kappa shape index (κ3) is 3.22. The number of nitrogen functional groups attached to an aromatic ring is 1. The summed E-state index contributed by atoms with van der Waals surface area (Å²) in [5, 5.41) is 12.4. The van der Waals surface area contributed by atoms with Gasteiger partial charge in [0.2, 0.25) is 0 Å². The number of amides is 1. The molecule has 0 aromatic heterocycles. The van der Waals surface area contributed by atoms with Gasteiger partial charge >= 0.3 is 0 Å². The number of nitrogens with zero attached hydrogens (tertiary/aromatic N) is 1. The second-order valence-corrected chi connectivity index (χ2v) is 5.83. The van der Waals surface area contributed by atoms with E-state index in [4.69, 9.17) is 10.8 Å². The molecule has 1 amide bonds. The number of anilines is 2. The van der Waals surface area contributed by atoms with E-state index in [2.05, 4.69) is 5.32 Å². The van der Waals surface area contributed by atoms with Gasteiger partial charge in [0.1, 0.15) is 0 Å². The zero-order chi connectivity index (χ0) is 14.8. The van der Waals surface area contributed by atoms with E-state index in [0.29, 0.717) is 11.3 Å². The number of aliphatic hydroxyl groups excluding tert-OH is 1. The highest BCUT2D eigenvalue weighted by atomic mass is 16.3. The van der Waals surface area contributed by atoms with Crippen LogP contribution in [0.1, 0.15) is 29.6 Å². The van der Waals surface area contributed by atoms with E-state index in [9.17, 15) is 4.79 Å². The molecule has 110 valence electrons. The van der Waals surface area contributed by atoms with Crippen LogP contribution in [0.5, 0.6) is 0 Å². The van der Waals surface area contributed by atoms with Gasteiger partial charge in [-0.1, -0.05) is 0 Å². The number of hydrogen-bond donors (Lipinski definition) is 3. The zero-order valence-electron chi connectivity index (χ0n) is 12.1. The van der Waals surface area contributed by atoms with E-state index < -0.39 is 0 Å². The quantitative estimate of drug-likeness (QED) is 0.689. The van der Waals surface area contributed by atoms with Crippen LogP contribution in [0.3, 0.4) is 0 Å². The normalized spacial score (nSPS) is 15.8. The highest BCUT2D eigenvalue weighted by Crippen LogP contribution is 2.48. The Kier molecular flexibility index (Phi) is 4.18. The van der Waals surface area contributed by atoms with E-state index >= 15 is 0 Å². The fraction of sp³-hybridized carbons (Fsp3) is 0.533. The Hall–Kier alpha value is -1.75. The first-order valence-corrected chi connectivity index (χ1v) is 6.93. The van der Waals surface area contributed by atoms with Gasteiger partial charge in [0.05, 0.1) is 11.4 Å². The predicted octanol–water partition coefficient (Wildman–Crippen LogP) is 1.55. The highest BCUT2D eigenvalue weighted by molar-refractivity contribution is 5.95. The van der Waals surface area contributed by atoms with Crippen LogP contribution in [-0.4, -0.2) is 43.2 Å². The molecule has 1 aromatic rings. The Balaban J connectivity index is 2.01. The van der Waals surface area contributed by atoms with Gasteiger partial charge in [-0.25, -0.2) is 0 Å². The van der Waals surface area contributed by atoms with Crippen molar-refractivity contribution in [1.82, 2.24) is 4.90 Å². The number of nitrogens with one attached hydrogen (secondary N) is 1. The molecule has 20 heavy (non-hydrogen) atoms. The van der Waals surface area contributed by atoms with Crippen molar-refractivity contribution < 1.29 is 9.90 Å². The minimum Gasteiger partial charge on any atom is -0.397 e. The number of rotatable bonds is 6. The number of carbonyl (C=O) groups is 1. The molecule has 0 heterocycles. The van der Waals surface area contributed by atoms with E-state index in [1.807, 2.05) is 6.07 Å². The summed E-state index contributed by atoms with van der Waals surface area (Å²) in [6, 6.07) is 5.34. The van der Waals surface area contributed by atoms with Crippen LogP contribution in [0.2, 0.25) is 0 Å². The van der Waals surface area contributed by atoms with Crippen molar-refractivity contribution in [2.75, 3.05) is 38.3 Å². The Bertz CT molecular complexity index is 496. The third-order valence-electron chi connectivity index (χ3n) is 3.96. The standard InChI is InChI=1S/C15H23N3O2/c1-18(2)14(20)11-3-4-13(12(16)9-11)17-10-15(5-6-15)7-8-19/h3-4,9,17,19H,5-8,10,16H2,1-2H3. The van der Waals surface area contributed by atoms with E-state index in [1.54, 1.807) is 26.2 Å². The first kappa shape index (κ1) is 14.7. The maximum absolute atomic E-state index is 11.8. The van der Waals surface area contributed by atoms with Gasteiger partial charge in [0, 0.05) is 32.8 Å². The molecule has 0 unspecified atom stereocenters. The highest BCUT2D eigenvalue weighted by Gasteiger charge is 2.41. The number of nitrogens with two attached hydrogens (primary N) is 1. The Labute approximate surface area is 119 Å². The van der Waals surface area contributed by atoms with Crippen LogP contribution in [0.25, 0.3) is 0 Å². The molecule has 1 aliphatic rings. The van der Waals surface area contributed by atoms with Gasteiger partial charge in [0.25, 0.3) is 5.91 Å². The Morgan fingerprint density at radius 2 is 2.15 bits per heavy atom. The molecule has 1 aromatic carbocycles. The number of benzene rings is 1. The monoisotopic (exact) mass is 277 g/mol. The average molecular weight is 277 g/mol. The Morgan fingerprint density at radius 3 is 2.65 bits per heavy atom. The van der Waals surface area contributed by atoms with Crippen molar-refractivity contribution >= 4 is 17.3 Å². The average Bonchev–Trinajstić information content (AvgIpc) is 3.17. The molecule has 0 aliphatic heterocycles. The second kappa shape index (κ2) is 5.71. The zero-order valence-corrected chi connectivity index (χ0v) is 12.1. The molecule has 0 spiro atoms. The molecule has 1 aliphatic carbocycles. The molecule has 0 atom stereocenters. The van der Waals surface area contributed by atoms with Crippen LogP contribution in [-0.2, 0) is 0 Å². The molecule has 5 nitrogen and oxygen atoms in total. The van der Waals surface area contributed by atoms with Crippen molar-refractivity contribution in [2.45, 2.75) is 19.3 Å². The minimum atomic E-state index is -0.0535. The third-order valence-corrected chi connectivity index (χ3v) is 3.96. The summed E-state index contributed by atoms with van der Waals surface area (Å²) >= 11 is 0. The maximum Gasteiger partial charge on any atom is 0.253 e. The van der Waals surface area contributed by atoms with Gasteiger partial charge in [-0.05, 0) is 42.9 Å². The summed E-state index contributed by atoms with van der Waals surface area (Å²) in [4.78, 5) is 13.4. The summed E-state index contributed by atoms with van der Waals surface area (Å²) < 4.78 is 0. The van der Waals surface area contributed by atoms with Crippen molar-refractivity contribution in [3.63, 3.8) is 0 Å². The summed E-state index contributed by atoms with van der Waals surface area (Å²) in [6.07, 6.45) is 3.13. The topological polar surface area (TPSA) is 78.6 Å². The lowest BCUT2D eigenvalue weighted by atomic mass is 10.0. The fourth-order valence-electron chi connectivity index (χ4n) is 2.33. The molecule has 2 rings (SSSR count).